The van der Waals surface area contributed by atoms with Crippen LogP contribution in [0, 0.1) is 5.92 Å². The topological polar surface area (TPSA) is 65.7 Å². The minimum atomic E-state index is 0.548. The van der Waals surface area contributed by atoms with Crippen LogP contribution in [0.3, 0.4) is 0 Å². The molecule has 5 nitrogen and oxygen atoms in total. The predicted octanol–water partition coefficient (Wildman–Crippen LogP) is 3.31. The van der Waals surface area contributed by atoms with Gasteiger partial charge in [-0.3, -0.25) is 4.40 Å². The number of furan rings is 1. The molecule has 1 fully saturated rings. The Morgan fingerprint density at radius 1 is 1.38 bits per heavy atom. The van der Waals surface area contributed by atoms with Crippen LogP contribution in [-0.4, -0.2) is 16.5 Å². The van der Waals surface area contributed by atoms with Crippen LogP contribution in [-0.2, 0) is 0 Å². The Labute approximate surface area is 122 Å². The van der Waals surface area contributed by atoms with E-state index in [1.165, 1.54) is 6.42 Å². The second-order valence-corrected chi connectivity index (χ2v) is 5.64. The summed E-state index contributed by atoms with van der Waals surface area (Å²) in [7, 11) is 1.62. The highest BCUT2D eigenvalue weighted by atomic mass is 16.5. The van der Waals surface area contributed by atoms with E-state index in [0.29, 0.717) is 40.5 Å². The Morgan fingerprint density at radius 3 is 2.90 bits per heavy atom. The monoisotopic (exact) mass is 283 g/mol. The first-order valence-electron chi connectivity index (χ1n) is 7.09. The number of hydrogen-bond donors (Lipinski definition) is 1. The zero-order valence-corrected chi connectivity index (χ0v) is 12.0. The second-order valence-electron chi connectivity index (χ2n) is 5.64. The Kier molecular flexibility index (Phi) is 2.51. The summed E-state index contributed by atoms with van der Waals surface area (Å²) >= 11 is 0. The third-order valence-corrected chi connectivity index (χ3v) is 4.21. The molecule has 3 aromatic heterocycles. The van der Waals surface area contributed by atoms with Gasteiger partial charge in [-0.15, -0.1) is 0 Å². The molecule has 4 rings (SSSR count). The molecule has 3 heterocycles. The predicted molar refractivity (Wildman–Crippen MR) is 80.4 cm³/mol. The number of rotatable bonds is 3. The standard InChI is InChI=1S/C16H17N3O2/c1-9-8-10(9)11-5-6-12(21-11)14-15(17)19-7-3-4-13(20-2)16(19)18-14/h3-7,9-10H,8,17H2,1-2H3. The third kappa shape index (κ3) is 1.81. The van der Waals surface area contributed by atoms with Crippen molar-refractivity contribution in [2.75, 3.05) is 12.8 Å². The first-order valence-corrected chi connectivity index (χ1v) is 7.09. The molecular formula is C16H17N3O2. The minimum absolute atomic E-state index is 0.548. The molecule has 0 amide bonds. The zero-order chi connectivity index (χ0) is 14.6. The Balaban J connectivity index is 1.83. The second kappa shape index (κ2) is 4.28. The molecule has 0 saturated heterocycles. The maximum atomic E-state index is 6.21. The fraction of sp³-hybridized carbons (Fsp3) is 0.312. The van der Waals surface area contributed by atoms with E-state index in [2.05, 4.69) is 11.9 Å². The van der Waals surface area contributed by atoms with E-state index in [1.54, 1.807) is 7.11 Å². The minimum Gasteiger partial charge on any atom is -0.493 e. The van der Waals surface area contributed by atoms with Crippen molar-refractivity contribution >= 4 is 11.5 Å². The van der Waals surface area contributed by atoms with Crippen molar-refractivity contribution in [1.29, 1.82) is 0 Å². The molecule has 2 unspecified atom stereocenters. The summed E-state index contributed by atoms with van der Waals surface area (Å²) in [5, 5.41) is 0. The number of fused-ring (bicyclic) bond motifs is 1. The van der Waals surface area contributed by atoms with Crippen molar-refractivity contribution in [2.24, 2.45) is 5.92 Å². The van der Waals surface area contributed by atoms with Gasteiger partial charge < -0.3 is 14.9 Å². The number of ether oxygens (including phenoxy) is 1. The summed E-state index contributed by atoms with van der Waals surface area (Å²) < 4.78 is 13.1. The molecule has 1 saturated carbocycles. The normalized spacial score (nSPS) is 20.9. The number of pyridine rings is 1. The van der Waals surface area contributed by atoms with Crippen LogP contribution in [0.1, 0.15) is 25.0 Å². The van der Waals surface area contributed by atoms with Crippen molar-refractivity contribution < 1.29 is 9.15 Å². The number of imidazole rings is 1. The first-order chi connectivity index (χ1) is 10.2. The summed E-state index contributed by atoms with van der Waals surface area (Å²) in [4.78, 5) is 4.58. The lowest BCUT2D eigenvalue weighted by Crippen LogP contribution is -1.94. The summed E-state index contributed by atoms with van der Waals surface area (Å²) in [5.74, 6) is 4.26. The number of hydrogen-bond acceptors (Lipinski definition) is 4. The van der Waals surface area contributed by atoms with Gasteiger partial charge in [0.25, 0.3) is 0 Å². The number of methoxy groups -OCH3 is 1. The quantitative estimate of drug-likeness (QED) is 0.801. The van der Waals surface area contributed by atoms with E-state index < -0.39 is 0 Å². The number of aromatic nitrogens is 2. The summed E-state index contributed by atoms with van der Waals surface area (Å²) in [6, 6.07) is 7.73. The van der Waals surface area contributed by atoms with Crippen LogP contribution in [0.5, 0.6) is 5.75 Å². The van der Waals surface area contributed by atoms with E-state index in [4.69, 9.17) is 14.9 Å². The molecule has 21 heavy (non-hydrogen) atoms. The van der Waals surface area contributed by atoms with Gasteiger partial charge in [0.1, 0.15) is 17.3 Å². The maximum Gasteiger partial charge on any atom is 0.182 e. The lowest BCUT2D eigenvalue weighted by molar-refractivity contribution is 0.417. The van der Waals surface area contributed by atoms with Gasteiger partial charge in [0.2, 0.25) is 0 Å². The number of nitrogens with zero attached hydrogens (tertiary/aromatic N) is 2. The van der Waals surface area contributed by atoms with Gasteiger partial charge in [0.15, 0.2) is 17.2 Å². The SMILES string of the molecule is COc1cccn2c(N)c(-c3ccc(C4CC4C)o3)nc12. The fourth-order valence-electron chi connectivity index (χ4n) is 2.80. The molecule has 108 valence electrons. The van der Waals surface area contributed by atoms with E-state index in [-0.39, 0.29) is 0 Å². The Morgan fingerprint density at radius 2 is 2.19 bits per heavy atom. The molecule has 0 bridgehead atoms. The smallest absolute Gasteiger partial charge is 0.182 e. The molecule has 5 heteroatoms. The maximum absolute atomic E-state index is 6.21. The van der Waals surface area contributed by atoms with Crippen molar-refractivity contribution in [3.05, 3.63) is 36.2 Å². The van der Waals surface area contributed by atoms with Crippen LogP contribution in [0.15, 0.2) is 34.9 Å². The zero-order valence-electron chi connectivity index (χ0n) is 12.0. The van der Waals surface area contributed by atoms with E-state index in [0.717, 1.165) is 5.76 Å². The van der Waals surface area contributed by atoms with Gasteiger partial charge in [-0.1, -0.05) is 6.92 Å². The molecule has 3 aromatic rings. The van der Waals surface area contributed by atoms with Crippen molar-refractivity contribution in [3.63, 3.8) is 0 Å². The average Bonchev–Trinajstić information content (AvgIpc) is 2.91. The highest BCUT2D eigenvalue weighted by Crippen LogP contribution is 2.48. The number of nitrogen functional groups attached to an aromatic ring is 1. The van der Waals surface area contributed by atoms with Crippen LogP contribution in [0.4, 0.5) is 5.82 Å². The highest BCUT2D eigenvalue weighted by Gasteiger charge is 2.36. The number of nitrogens with two attached hydrogens (primary N) is 1. The van der Waals surface area contributed by atoms with Crippen LogP contribution >= 0.6 is 0 Å². The van der Waals surface area contributed by atoms with E-state index in [9.17, 15) is 0 Å². The molecule has 2 atom stereocenters. The van der Waals surface area contributed by atoms with Gasteiger partial charge in [0, 0.05) is 12.1 Å². The summed E-state index contributed by atoms with van der Waals surface area (Å²) in [6.07, 6.45) is 3.07. The fourth-order valence-corrected chi connectivity index (χ4v) is 2.80. The lowest BCUT2D eigenvalue weighted by atomic mass is 10.2. The highest BCUT2D eigenvalue weighted by molar-refractivity contribution is 5.74. The summed E-state index contributed by atoms with van der Waals surface area (Å²) in [5.41, 5.74) is 7.57. The van der Waals surface area contributed by atoms with E-state index >= 15 is 0 Å². The van der Waals surface area contributed by atoms with Crippen LogP contribution in [0.2, 0.25) is 0 Å². The van der Waals surface area contributed by atoms with Crippen molar-refractivity contribution in [2.45, 2.75) is 19.3 Å². The molecule has 0 spiro atoms. The van der Waals surface area contributed by atoms with Gasteiger partial charge in [-0.25, -0.2) is 4.98 Å². The average molecular weight is 283 g/mol. The first kappa shape index (κ1) is 12.3. The van der Waals surface area contributed by atoms with E-state index in [1.807, 2.05) is 34.9 Å². The van der Waals surface area contributed by atoms with Gasteiger partial charge in [0.05, 0.1) is 7.11 Å². The molecule has 1 aliphatic carbocycles. The van der Waals surface area contributed by atoms with Gasteiger partial charge in [-0.05, 0) is 36.6 Å². The third-order valence-electron chi connectivity index (χ3n) is 4.21. The molecular weight excluding hydrogens is 266 g/mol. The Hall–Kier alpha value is -2.43. The molecule has 0 aliphatic heterocycles. The Bertz CT molecular complexity index is 818. The largest absolute Gasteiger partial charge is 0.493 e. The molecule has 2 N–H and O–H groups in total. The van der Waals surface area contributed by atoms with Crippen molar-refractivity contribution in [1.82, 2.24) is 9.38 Å². The summed E-state index contributed by atoms with van der Waals surface area (Å²) in [6.45, 7) is 2.23. The van der Waals surface area contributed by atoms with Crippen molar-refractivity contribution in [3.8, 4) is 17.2 Å². The molecule has 0 radical (unpaired) electrons. The van der Waals surface area contributed by atoms with Crippen LogP contribution < -0.4 is 10.5 Å². The van der Waals surface area contributed by atoms with Gasteiger partial charge >= 0.3 is 0 Å². The van der Waals surface area contributed by atoms with Crippen LogP contribution in [0.25, 0.3) is 17.1 Å². The molecule has 1 aliphatic rings. The lowest BCUT2D eigenvalue weighted by Gasteiger charge is -2.01. The van der Waals surface area contributed by atoms with Gasteiger partial charge in [-0.2, -0.15) is 0 Å². The number of anilines is 1. The molecule has 0 aromatic carbocycles.